The number of oxime groups is 2. The third-order valence-corrected chi connectivity index (χ3v) is 7.26. The normalized spacial score (nSPS) is 16.1. The Morgan fingerprint density at radius 2 is 1.28 bits per heavy atom. The molecule has 36 heavy (non-hydrogen) atoms. The second-order valence-electron chi connectivity index (χ2n) is 10.4. The molecule has 0 saturated carbocycles. The third-order valence-electron chi connectivity index (χ3n) is 7.26. The van der Waals surface area contributed by atoms with Crippen LogP contribution in [0.5, 0.6) is 11.5 Å². The second kappa shape index (κ2) is 16.3. The van der Waals surface area contributed by atoms with Gasteiger partial charge in [-0.05, 0) is 42.9 Å². The Kier molecular flexibility index (Phi) is 13.4. The maximum absolute atomic E-state index is 9.73. The number of hydrogen-bond donors (Lipinski definition) is 2. The molecule has 6 heteroatoms. The highest BCUT2D eigenvalue weighted by atomic mass is 16.5. The van der Waals surface area contributed by atoms with Gasteiger partial charge in [0, 0.05) is 5.56 Å². The lowest BCUT2D eigenvalue weighted by Crippen LogP contribution is -2.18. The molecule has 1 aliphatic carbocycles. The highest BCUT2D eigenvalue weighted by Crippen LogP contribution is 2.44. The zero-order chi connectivity index (χ0) is 26.3. The number of fused-ring (bicyclic) bond motifs is 1. The summed E-state index contributed by atoms with van der Waals surface area (Å²) in [7, 11) is 3.26. The molecule has 0 aromatic heterocycles. The van der Waals surface area contributed by atoms with Crippen molar-refractivity contribution in [3.8, 4) is 11.5 Å². The molecule has 1 aromatic carbocycles. The number of allylic oxidation sites excluding steroid dienone is 2. The topological polar surface area (TPSA) is 83.6 Å². The molecule has 0 spiro atoms. The molecule has 0 saturated heterocycles. The molecule has 2 N–H and O–H groups in total. The lowest BCUT2D eigenvalue weighted by atomic mass is 9.82. The summed E-state index contributed by atoms with van der Waals surface area (Å²) >= 11 is 0. The maximum atomic E-state index is 9.73. The number of methoxy groups -OCH3 is 2. The first kappa shape index (κ1) is 29.7. The SMILES string of the molecule is CCCCCCCCCCCCC(CCC(C)C)c1cc(OC)c2c(c1OC)C(=NO)C=CC2=NO. The third kappa shape index (κ3) is 8.28. The fourth-order valence-electron chi connectivity index (χ4n) is 5.20. The fourth-order valence-corrected chi connectivity index (χ4v) is 5.20. The van der Waals surface area contributed by atoms with Gasteiger partial charge in [-0.15, -0.1) is 0 Å². The fraction of sp³-hybridized carbons (Fsp3) is 0.667. The smallest absolute Gasteiger partial charge is 0.132 e. The summed E-state index contributed by atoms with van der Waals surface area (Å²) in [6, 6.07) is 2.03. The van der Waals surface area contributed by atoms with Crippen molar-refractivity contribution in [3.05, 3.63) is 34.9 Å². The van der Waals surface area contributed by atoms with E-state index in [-0.39, 0.29) is 0 Å². The predicted octanol–water partition coefficient (Wildman–Crippen LogP) is 8.46. The van der Waals surface area contributed by atoms with Crippen LogP contribution in [0.15, 0.2) is 28.5 Å². The summed E-state index contributed by atoms with van der Waals surface area (Å²) in [4.78, 5) is 0. The highest BCUT2D eigenvalue weighted by molar-refractivity contribution is 6.27. The largest absolute Gasteiger partial charge is 0.496 e. The van der Waals surface area contributed by atoms with Crippen molar-refractivity contribution < 1.29 is 19.9 Å². The number of benzene rings is 1. The minimum absolute atomic E-state index is 0.302. The van der Waals surface area contributed by atoms with Gasteiger partial charge in [0.2, 0.25) is 0 Å². The summed E-state index contributed by atoms with van der Waals surface area (Å²) in [5.41, 5.74) is 2.99. The Morgan fingerprint density at radius 1 is 0.722 bits per heavy atom. The Balaban J connectivity index is 2.21. The van der Waals surface area contributed by atoms with Crippen molar-refractivity contribution in [3.63, 3.8) is 0 Å². The Morgan fingerprint density at radius 3 is 1.78 bits per heavy atom. The van der Waals surface area contributed by atoms with Crippen LogP contribution < -0.4 is 9.47 Å². The van der Waals surface area contributed by atoms with E-state index in [1.165, 1.54) is 64.2 Å². The average molecular weight is 501 g/mol. The predicted molar refractivity (Wildman–Crippen MR) is 149 cm³/mol. The first-order valence-electron chi connectivity index (χ1n) is 13.9. The van der Waals surface area contributed by atoms with Gasteiger partial charge in [0.1, 0.15) is 22.9 Å². The van der Waals surface area contributed by atoms with Crippen molar-refractivity contribution >= 4 is 11.4 Å². The number of unbranched alkanes of at least 4 members (excludes halogenated alkanes) is 9. The van der Waals surface area contributed by atoms with Crippen LogP contribution in [0.4, 0.5) is 0 Å². The van der Waals surface area contributed by atoms with Gasteiger partial charge in [-0.2, -0.15) is 0 Å². The quantitative estimate of drug-likeness (QED) is 0.128. The van der Waals surface area contributed by atoms with Crippen molar-refractivity contribution in [1.82, 2.24) is 0 Å². The van der Waals surface area contributed by atoms with Crippen molar-refractivity contribution in [2.75, 3.05) is 14.2 Å². The molecule has 0 heterocycles. The van der Waals surface area contributed by atoms with E-state index in [1.54, 1.807) is 26.4 Å². The second-order valence-corrected chi connectivity index (χ2v) is 10.4. The van der Waals surface area contributed by atoms with E-state index in [0.717, 1.165) is 24.8 Å². The standard InChI is InChI=1S/C30H48N2O4/c1-6-7-8-9-10-11-12-13-14-15-16-23(18-17-22(2)3)24-21-27(35-4)28-25(31-33)19-20-26(32-34)29(28)30(24)36-5/h19-23,33-34H,6-18H2,1-5H3. The molecule has 1 aromatic rings. The molecule has 1 unspecified atom stereocenters. The van der Waals surface area contributed by atoms with Gasteiger partial charge in [-0.3, -0.25) is 0 Å². The molecular formula is C30H48N2O4. The van der Waals surface area contributed by atoms with Gasteiger partial charge in [0.25, 0.3) is 0 Å². The van der Waals surface area contributed by atoms with Crippen LogP contribution in [0.25, 0.3) is 0 Å². The van der Waals surface area contributed by atoms with Gasteiger partial charge in [0.05, 0.1) is 25.3 Å². The molecular weight excluding hydrogens is 452 g/mol. The minimum atomic E-state index is 0.302. The van der Waals surface area contributed by atoms with E-state index in [1.807, 2.05) is 6.07 Å². The molecule has 6 nitrogen and oxygen atoms in total. The highest BCUT2D eigenvalue weighted by Gasteiger charge is 2.30. The first-order chi connectivity index (χ1) is 17.5. The minimum Gasteiger partial charge on any atom is -0.496 e. The van der Waals surface area contributed by atoms with Crippen LogP contribution in [0, 0.1) is 5.92 Å². The van der Waals surface area contributed by atoms with Crippen molar-refractivity contribution in [1.29, 1.82) is 0 Å². The molecule has 2 rings (SSSR count). The first-order valence-corrected chi connectivity index (χ1v) is 13.9. The molecule has 1 atom stereocenters. The monoisotopic (exact) mass is 500 g/mol. The Hall–Kier alpha value is -2.50. The lowest BCUT2D eigenvalue weighted by molar-refractivity contribution is 0.317. The van der Waals surface area contributed by atoms with Crippen LogP contribution in [0.2, 0.25) is 0 Å². The van der Waals surface area contributed by atoms with Crippen molar-refractivity contribution in [2.45, 2.75) is 110 Å². The molecule has 1 aliphatic rings. The van der Waals surface area contributed by atoms with E-state index in [9.17, 15) is 10.4 Å². The molecule has 0 radical (unpaired) electrons. The summed E-state index contributed by atoms with van der Waals surface area (Å²) in [5, 5.41) is 26.3. The Labute approximate surface area is 218 Å². The summed E-state index contributed by atoms with van der Waals surface area (Å²) in [6.45, 7) is 6.78. The van der Waals surface area contributed by atoms with E-state index in [2.05, 4.69) is 31.1 Å². The van der Waals surface area contributed by atoms with Gasteiger partial charge < -0.3 is 19.9 Å². The summed E-state index contributed by atoms with van der Waals surface area (Å²) < 4.78 is 11.7. The van der Waals surface area contributed by atoms with Gasteiger partial charge in [0.15, 0.2) is 0 Å². The van der Waals surface area contributed by atoms with Crippen LogP contribution >= 0.6 is 0 Å². The van der Waals surface area contributed by atoms with E-state index in [0.29, 0.717) is 45.9 Å². The molecule has 0 bridgehead atoms. The molecule has 202 valence electrons. The Bertz CT molecular complexity index is 889. The van der Waals surface area contributed by atoms with Crippen LogP contribution in [-0.4, -0.2) is 36.1 Å². The molecule has 0 amide bonds. The number of rotatable bonds is 17. The van der Waals surface area contributed by atoms with Crippen LogP contribution in [0.3, 0.4) is 0 Å². The van der Waals surface area contributed by atoms with Gasteiger partial charge in [-0.1, -0.05) is 102 Å². The maximum Gasteiger partial charge on any atom is 0.132 e. The number of ether oxygens (including phenoxy) is 2. The zero-order valence-electron chi connectivity index (χ0n) is 23.2. The zero-order valence-corrected chi connectivity index (χ0v) is 23.2. The molecule has 0 fully saturated rings. The van der Waals surface area contributed by atoms with E-state index >= 15 is 0 Å². The molecule has 0 aliphatic heterocycles. The summed E-state index contributed by atoms with van der Waals surface area (Å²) in [5.74, 6) is 2.17. The van der Waals surface area contributed by atoms with Crippen molar-refractivity contribution in [2.24, 2.45) is 16.2 Å². The van der Waals surface area contributed by atoms with Crippen LogP contribution in [-0.2, 0) is 0 Å². The van der Waals surface area contributed by atoms with Gasteiger partial charge >= 0.3 is 0 Å². The van der Waals surface area contributed by atoms with Crippen LogP contribution in [0.1, 0.15) is 127 Å². The average Bonchev–Trinajstić information content (AvgIpc) is 2.89. The van der Waals surface area contributed by atoms with E-state index < -0.39 is 0 Å². The van der Waals surface area contributed by atoms with E-state index in [4.69, 9.17) is 9.47 Å². The number of nitrogens with zero attached hydrogens (tertiary/aromatic N) is 2. The lowest BCUT2D eigenvalue weighted by Gasteiger charge is -2.27. The van der Waals surface area contributed by atoms with Gasteiger partial charge in [-0.25, -0.2) is 0 Å². The number of hydrogen-bond acceptors (Lipinski definition) is 6. The summed E-state index contributed by atoms with van der Waals surface area (Å²) in [6.07, 6.45) is 19.7.